The van der Waals surface area contributed by atoms with Crippen LogP contribution in [0.2, 0.25) is 0 Å². The Kier molecular flexibility index (Phi) is 5.25. The van der Waals surface area contributed by atoms with Gasteiger partial charge in [-0.3, -0.25) is 15.0 Å². The van der Waals surface area contributed by atoms with E-state index in [1.807, 2.05) is 5.43 Å². The molecule has 0 bridgehead atoms. The molecule has 0 fully saturated rings. The van der Waals surface area contributed by atoms with Crippen LogP contribution in [-0.2, 0) is 0 Å². The van der Waals surface area contributed by atoms with E-state index in [9.17, 15) is 9.59 Å². The number of nitrogens with two attached hydrogens (primary N) is 1. The van der Waals surface area contributed by atoms with E-state index in [2.05, 4.69) is 18.5 Å². The maximum absolute atomic E-state index is 11.9. The van der Waals surface area contributed by atoms with Gasteiger partial charge in [-0.25, -0.2) is 5.84 Å². The topological polar surface area (TPSA) is 84.2 Å². The zero-order valence-electron chi connectivity index (χ0n) is 10.3. The highest BCUT2D eigenvalue weighted by atomic mass is 16.2. The highest BCUT2D eigenvalue weighted by Crippen LogP contribution is 2.05. The smallest absolute Gasteiger partial charge is 0.265 e. The van der Waals surface area contributed by atoms with Crippen molar-refractivity contribution in [3.63, 3.8) is 0 Å². The van der Waals surface area contributed by atoms with Gasteiger partial charge in [-0.1, -0.05) is 19.2 Å². The zero-order chi connectivity index (χ0) is 14.3. The molecule has 19 heavy (non-hydrogen) atoms. The van der Waals surface area contributed by atoms with Crippen LogP contribution in [0.4, 0.5) is 0 Å². The van der Waals surface area contributed by atoms with Gasteiger partial charge < -0.3 is 5.32 Å². The first-order chi connectivity index (χ1) is 9.12. The van der Waals surface area contributed by atoms with Crippen molar-refractivity contribution in [2.45, 2.75) is 0 Å². The van der Waals surface area contributed by atoms with Gasteiger partial charge in [-0.2, -0.15) is 0 Å². The van der Waals surface area contributed by atoms with Crippen LogP contribution in [0.3, 0.4) is 0 Å². The number of carbonyl (C=O) groups is 2. The van der Waals surface area contributed by atoms with E-state index in [0.29, 0.717) is 16.8 Å². The lowest BCUT2D eigenvalue weighted by atomic mass is 10.1. The van der Waals surface area contributed by atoms with Crippen LogP contribution >= 0.6 is 0 Å². The van der Waals surface area contributed by atoms with Crippen molar-refractivity contribution in [3.8, 4) is 0 Å². The molecule has 0 aliphatic carbocycles. The Balaban J connectivity index is 2.83. The fourth-order valence-electron chi connectivity index (χ4n) is 1.35. The molecule has 0 saturated heterocycles. The largest absolute Gasteiger partial charge is 0.322 e. The van der Waals surface area contributed by atoms with Gasteiger partial charge in [0.2, 0.25) is 0 Å². The van der Waals surface area contributed by atoms with Crippen molar-refractivity contribution in [3.05, 3.63) is 72.5 Å². The summed E-state index contributed by atoms with van der Waals surface area (Å²) in [4.78, 5) is 23.1. The second kappa shape index (κ2) is 6.93. The first-order valence-corrected chi connectivity index (χ1v) is 5.50. The summed E-state index contributed by atoms with van der Waals surface area (Å²) in [6.45, 7) is 7.11. The Bertz CT molecular complexity index is 530. The SMILES string of the molecule is C=CC=C(C=C)NC(=O)c1ccc(C(=O)NN)cc1. The predicted molar refractivity (Wildman–Crippen MR) is 74.0 cm³/mol. The Hall–Kier alpha value is -2.66. The summed E-state index contributed by atoms with van der Waals surface area (Å²) in [5.41, 5.74) is 3.36. The van der Waals surface area contributed by atoms with Crippen LogP contribution in [0.1, 0.15) is 20.7 Å². The van der Waals surface area contributed by atoms with Gasteiger partial charge in [0.15, 0.2) is 0 Å². The summed E-state index contributed by atoms with van der Waals surface area (Å²) in [5.74, 6) is 4.30. The van der Waals surface area contributed by atoms with Crippen molar-refractivity contribution >= 4 is 11.8 Å². The van der Waals surface area contributed by atoms with Crippen molar-refractivity contribution in [1.82, 2.24) is 10.7 Å². The maximum Gasteiger partial charge on any atom is 0.265 e. The molecule has 0 spiro atoms. The van der Waals surface area contributed by atoms with Crippen molar-refractivity contribution in [2.24, 2.45) is 5.84 Å². The van der Waals surface area contributed by atoms with E-state index < -0.39 is 5.91 Å². The average Bonchev–Trinajstić information content (AvgIpc) is 2.45. The third-order valence-corrected chi connectivity index (χ3v) is 2.32. The average molecular weight is 257 g/mol. The lowest BCUT2D eigenvalue weighted by Crippen LogP contribution is -2.30. The Morgan fingerprint density at radius 2 is 1.58 bits per heavy atom. The molecule has 0 atom stereocenters. The summed E-state index contributed by atoms with van der Waals surface area (Å²) in [6, 6.07) is 6.10. The summed E-state index contributed by atoms with van der Waals surface area (Å²) in [6.07, 6.45) is 4.68. The molecule has 1 aromatic rings. The first kappa shape index (κ1) is 14.4. The number of hydrogen-bond acceptors (Lipinski definition) is 3. The first-order valence-electron chi connectivity index (χ1n) is 5.50. The Morgan fingerprint density at radius 1 is 1.05 bits per heavy atom. The van der Waals surface area contributed by atoms with E-state index in [1.165, 1.54) is 30.3 Å². The van der Waals surface area contributed by atoms with E-state index >= 15 is 0 Å². The molecule has 0 heterocycles. The summed E-state index contributed by atoms with van der Waals surface area (Å²) < 4.78 is 0. The molecule has 0 radical (unpaired) electrons. The number of carbonyl (C=O) groups excluding carboxylic acids is 2. The van der Waals surface area contributed by atoms with Crippen LogP contribution in [-0.4, -0.2) is 11.8 Å². The highest BCUT2D eigenvalue weighted by molar-refractivity contribution is 5.98. The minimum atomic E-state index is -0.412. The van der Waals surface area contributed by atoms with Gasteiger partial charge in [0, 0.05) is 16.8 Å². The molecule has 1 rings (SSSR count). The monoisotopic (exact) mass is 257 g/mol. The number of hydrazine groups is 1. The van der Waals surface area contributed by atoms with Gasteiger partial charge in [-0.05, 0) is 36.4 Å². The summed E-state index contributed by atoms with van der Waals surface area (Å²) in [5, 5.41) is 2.65. The van der Waals surface area contributed by atoms with Crippen molar-refractivity contribution < 1.29 is 9.59 Å². The zero-order valence-corrected chi connectivity index (χ0v) is 10.3. The minimum absolute atomic E-state index is 0.298. The number of allylic oxidation sites excluding steroid dienone is 3. The quantitative estimate of drug-likeness (QED) is 0.321. The highest BCUT2D eigenvalue weighted by Gasteiger charge is 2.08. The van der Waals surface area contributed by atoms with Gasteiger partial charge >= 0.3 is 0 Å². The fraction of sp³-hybridized carbons (Fsp3) is 0. The van der Waals surface area contributed by atoms with E-state index in [1.54, 1.807) is 12.2 Å². The standard InChI is InChI=1S/C14H15N3O2/c1-3-5-12(4-2)16-13(18)10-6-8-11(9-7-10)14(19)17-15/h3-9H,1-2,15H2,(H,16,18)(H,17,19). The lowest BCUT2D eigenvalue weighted by Gasteiger charge is -2.06. The molecule has 2 amide bonds. The molecule has 5 nitrogen and oxygen atoms in total. The lowest BCUT2D eigenvalue weighted by molar-refractivity contribution is 0.0947. The molecule has 5 heteroatoms. The number of nitrogen functional groups attached to an aromatic ring is 1. The molecular formula is C14H15N3O2. The molecular weight excluding hydrogens is 242 g/mol. The van der Waals surface area contributed by atoms with E-state index in [4.69, 9.17) is 5.84 Å². The van der Waals surface area contributed by atoms with Crippen LogP contribution < -0.4 is 16.6 Å². The van der Waals surface area contributed by atoms with E-state index in [-0.39, 0.29) is 5.91 Å². The third-order valence-electron chi connectivity index (χ3n) is 2.32. The van der Waals surface area contributed by atoms with Gasteiger partial charge in [0.05, 0.1) is 0 Å². The molecule has 0 saturated carbocycles. The summed E-state index contributed by atoms with van der Waals surface area (Å²) in [7, 11) is 0. The predicted octanol–water partition coefficient (Wildman–Crippen LogP) is 1.28. The molecule has 0 aliphatic rings. The second-order valence-corrected chi connectivity index (χ2v) is 3.57. The van der Waals surface area contributed by atoms with Gasteiger partial charge in [0.25, 0.3) is 11.8 Å². The van der Waals surface area contributed by atoms with Crippen LogP contribution in [0.25, 0.3) is 0 Å². The maximum atomic E-state index is 11.9. The second-order valence-electron chi connectivity index (χ2n) is 3.57. The number of hydrogen-bond donors (Lipinski definition) is 3. The number of benzene rings is 1. The van der Waals surface area contributed by atoms with Crippen LogP contribution in [0.15, 0.2) is 61.3 Å². The number of rotatable bonds is 5. The molecule has 0 aromatic heterocycles. The number of amides is 2. The summed E-state index contributed by atoms with van der Waals surface area (Å²) >= 11 is 0. The minimum Gasteiger partial charge on any atom is -0.322 e. The van der Waals surface area contributed by atoms with Crippen LogP contribution in [0.5, 0.6) is 0 Å². The van der Waals surface area contributed by atoms with Crippen LogP contribution in [0, 0.1) is 0 Å². The van der Waals surface area contributed by atoms with Gasteiger partial charge in [-0.15, -0.1) is 0 Å². The molecule has 0 unspecified atom stereocenters. The molecule has 98 valence electrons. The Labute approximate surface area is 111 Å². The van der Waals surface area contributed by atoms with Gasteiger partial charge in [0.1, 0.15) is 0 Å². The Morgan fingerprint density at radius 3 is 2.00 bits per heavy atom. The third kappa shape index (κ3) is 3.93. The van der Waals surface area contributed by atoms with Crippen molar-refractivity contribution in [1.29, 1.82) is 0 Å². The van der Waals surface area contributed by atoms with Crippen molar-refractivity contribution in [2.75, 3.05) is 0 Å². The molecule has 1 aromatic carbocycles. The fourth-order valence-corrected chi connectivity index (χ4v) is 1.35. The normalized spacial score (nSPS) is 10.5. The van der Waals surface area contributed by atoms with E-state index in [0.717, 1.165) is 0 Å². The molecule has 4 N–H and O–H groups in total. The number of nitrogens with one attached hydrogen (secondary N) is 2. The molecule has 0 aliphatic heterocycles.